The van der Waals surface area contributed by atoms with Crippen LogP contribution in [-0.4, -0.2) is 16.7 Å². The van der Waals surface area contributed by atoms with Crippen LogP contribution < -0.4 is 0 Å². The number of amides is 1. The highest BCUT2D eigenvalue weighted by Crippen LogP contribution is 2.42. The van der Waals surface area contributed by atoms with Crippen LogP contribution in [0.2, 0.25) is 0 Å². The van der Waals surface area contributed by atoms with E-state index in [2.05, 4.69) is 24.3 Å². The molecule has 0 saturated carbocycles. The van der Waals surface area contributed by atoms with Crippen LogP contribution >= 0.6 is 11.6 Å². The normalized spacial score (nSPS) is 21.2. The van der Waals surface area contributed by atoms with Crippen molar-refractivity contribution in [3.8, 4) is 0 Å². The minimum absolute atomic E-state index is 0.0219. The molecule has 0 aliphatic carbocycles. The van der Waals surface area contributed by atoms with E-state index in [1.165, 1.54) is 5.56 Å². The highest BCUT2D eigenvalue weighted by molar-refractivity contribution is 6.18. The van der Waals surface area contributed by atoms with Gasteiger partial charge in [-0.05, 0) is 17.5 Å². The third-order valence-corrected chi connectivity index (χ3v) is 4.29. The molecule has 2 aromatic carbocycles. The summed E-state index contributed by atoms with van der Waals surface area (Å²) in [6.45, 7) is 0.665. The highest BCUT2D eigenvalue weighted by atomic mass is 35.5. The molecule has 1 aliphatic heterocycles. The Kier molecular flexibility index (Phi) is 4.26. The van der Waals surface area contributed by atoms with Gasteiger partial charge in [0.2, 0.25) is 5.91 Å². The van der Waals surface area contributed by atoms with Crippen LogP contribution in [0.4, 0.5) is 0 Å². The number of alkyl halides is 1. The average molecular weight is 300 g/mol. The second kappa shape index (κ2) is 6.31. The largest absolute Gasteiger partial charge is 0.330 e. The van der Waals surface area contributed by atoms with Gasteiger partial charge in [0.15, 0.2) is 0 Å². The van der Waals surface area contributed by atoms with E-state index in [0.717, 1.165) is 12.0 Å². The van der Waals surface area contributed by atoms with Crippen LogP contribution in [0.25, 0.3) is 0 Å². The third kappa shape index (κ3) is 2.81. The minimum atomic E-state index is 0.0219. The van der Waals surface area contributed by atoms with Gasteiger partial charge in [0.05, 0.1) is 12.0 Å². The van der Waals surface area contributed by atoms with E-state index in [-0.39, 0.29) is 17.9 Å². The number of carbonyl (C=O) groups is 1. The van der Waals surface area contributed by atoms with Crippen LogP contribution in [0.15, 0.2) is 60.7 Å². The predicted molar refractivity (Wildman–Crippen MR) is 85.0 cm³/mol. The predicted octanol–water partition coefficient (Wildman–Crippen LogP) is 4.02. The van der Waals surface area contributed by atoms with Gasteiger partial charge < -0.3 is 4.90 Å². The molecule has 1 fully saturated rings. The SMILES string of the molecule is O=C1C(CCCl)C(c2ccccc2)N1Cc1ccccc1. The fourth-order valence-electron chi connectivity index (χ4n) is 3.04. The number of hydrogen-bond acceptors (Lipinski definition) is 1. The van der Waals surface area contributed by atoms with Gasteiger partial charge in [0, 0.05) is 12.4 Å². The van der Waals surface area contributed by atoms with Crippen molar-refractivity contribution in [2.75, 3.05) is 5.88 Å². The Morgan fingerprint density at radius 1 is 0.952 bits per heavy atom. The summed E-state index contributed by atoms with van der Waals surface area (Å²) in [4.78, 5) is 14.4. The third-order valence-electron chi connectivity index (χ3n) is 4.07. The lowest BCUT2D eigenvalue weighted by atomic mass is 9.80. The summed E-state index contributed by atoms with van der Waals surface area (Å²) in [7, 11) is 0. The van der Waals surface area contributed by atoms with Crippen molar-refractivity contribution in [2.24, 2.45) is 5.92 Å². The Morgan fingerprint density at radius 3 is 2.19 bits per heavy atom. The topological polar surface area (TPSA) is 20.3 Å². The first kappa shape index (κ1) is 14.2. The summed E-state index contributed by atoms with van der Waals surface area (Å²) >= 11 is 5.86. The summed E-state index contributed by atoms with van der Waals surface area (Å²) in [5.41, 5.74) is 2.36. The van der Waals surface area contributed by atoms with E-state index in [4.69, 9.17) is 11.6 Å². The molecule has 0 bridgehead atoms. The number of benzene rings is 2. The van der Waals surface area contributed by atoms with Crippen molar-refractivity contribution in [2.45, 2.75) is 19.0 Å². The Morgan fingerprint density at radius 2 is 1.57 bits per heavy atom. The first-order valence-corrected chi connectivity index (χ1v) is 7.80. The fraction of sp³-hybridized carbons (Fsp3) is 0.278. The molecule has 2 atom stereocenters. The molecule has 2 aromatic rings. The molecule has 1 saturated heterocycles. The maximum absolute atomic E-state index is 12.4. The van der Waals surface area contributed by atoms with Crippen molar-refractivity contribution in [3.63, 3.8) is 0 Å². The molecular formula is C18H18ClNO. The van der Waals surface area contributed by atoms with Crippen molar-refractivity contribution in [1.29, 1.82) is 0 Å². The summed E-state index contributed by atoms with van der Waals surface area (Å²) in [6, 6.07) is 20.5. The Hall–Kier alpha value is -1.80. The molecule has 1 heterocycles. The number of halogens is 1. The van der Waals surface area contributed by atoms with Gasteiger partial charge in [-0.3, -0.25) is 4.79 Å². The average Bonchev–Trinajstić information content (AvgIpc) is 2.55. The molecule has 21 heavy (non-hydrogen) atoms. The lowest BCUT2D eigenvalue weighted by Crippen LogP contribution is -2.54. The van der Waals surface area contributed by atoms with Crippen LogP contribution in [0, 0.1) is 5.92 Å². The number of likely N-dealkylation sites (tertiary alicyclic amines) is 1. The quantitative estimate of drug-likeness (QED) is 0.603. The van der Waals surface area contributed by atoms with Gasteiger partial charge in [-0.15, -0.1) is 11.6 Å². The molecule has 1 aliphatic rings. The summed E-state index contributed by atoms with van der Waals surface area (Å²) in [5.74, 6) is 0.765. The monoisotopic (exact) mass is 299 g/mol. The van der Waals surface area contributed by atoms with E-state index in [1.54, 1.807) is 0 Å². The number of β-lactam (4-membered cyclic amide) rings is 1. The van der Waals surface area contributed by atoms with Gasteiger partial charge in [-0.2, -0.15) is 0 Å². The summed E-state index contributed by atoms with van der Waals surface area (Å²) in [5, 5.41) is 0. The van der Waals surface area contributed by atoms with E-state index >= 15 is 0 Å². The second-order valence-corrected chi connectivity index (χ2v) is 5.77. The zero-order valence-corrected chi connectivity index (χ0v) is 12.5. The minimum Gasteiger partial charge on any atom is -0.330 e. The van der Waals surface area contributed by atoms with E-state index in [0.29, 0.717) is 12.4 Å². The zero-order chi connectivity index (χ0) is 14.7. The molecule has 0 spiro atoms. The molecule has 3 heteroatoms. The maximum atomic E-state index is 12.4. The Balaban J connectivity index is 1.83. The van der Waals surface area contributed by atoms with Gasteiger partial charge in [-0.25, -0.2) is 0 Å². The first-order chi connectivity index (χ1) is 10.3. The Labute approximate surface area is 130 Å². The molecule has 2 unspecified atom stereocenters. The van der Waals surface area contributed by atoms with E-state index < -0.39 is 0 Å². The van der Waals surface area contributed by atoms with Crippen molar-refractivity contribution < 1.29 is 4.79 Å². The molecular weight excluding hydrogens is 282 g/mol. The van der Waals surface area contributed by atoms with Crippen molar-refractivity contribution >= 4 is 17.5 Å². The first-order valence-electron chi connectivity index (χ1n) is 7.26. The molecule has 3 rings (SSSR count). The zero-order valence-electron chi connectivity index (χ0n) is 11.8. The Bertz CT molecular complexity index is 599. The number of carbonyl (C=O) groups excluding carboxylic acids is 1. The van der Waals surface area contributed by atoms with Gasteiger partial charge in [0.25, 0.3) is 0 Å². The number of nitrogens with zero attached hydrogens (tertiary/aromatic N) is 1. The molecule has 0 radical (unpaired) electrons. The standard InChI is InChI=1S/C18H18ClNO/c19-12-11-16-17(15-9-5-2-6-10-15)20(18(16)21)13-14-7-3-1-4-8-14/h1-10,16-17H,11-13H2. The lowest BCUT2D eigenvalue weighted by molar-refractivity contribution is -0.158. The smallest absolute Gasteiger partial charge is 0.229 e. The van der Waals surface area contributed by atoms with Crippen LogP contribution in [0.3, 0.4) is 0 Å². The van der Waals surface area contributed by atoms with Gasteiger partial charge in [-0.1, -0.05) is 60.7 Å². The number of rotatable bonds is 5. The highest BCUT2D eigenvalue weighted by Gasteiger charge is 2.46. The fourth-order valence-corrected chi connectivity index (χ4v) is 3.27. The molecule has 108 valence electrons. The molecule has 0 aromatic heterocycles. The molecule has 2 nitrogen and oxygen atoms in total. The van der Waals surface area contributed by atoms with E-state index in [9.17, 15) is 4.79 Å². The van der Waals surface area contributed by atoms with Gasteiger partial charge in [0.1, 0.15) is 0 Å². The second-order valence-electron chi connectivity index (χ2n) is 5.39. The van der Waals surface area contributed by atoms with Gasteiger partial charge >= 0.3 is 0 Å². The summed E-state index contributed by atoms with van der Waals surface area (Å²) < 4.78 is 0. The lowest BCUT2D eigenvalue weighted by Gasteiger charge is -2.47. The van der Waals surface area contributed by atoms with Crippen molar-refractivity contribution in [3.05, 3.63) is 71.8 Å². The molecule has 0 N–H and O–H groups in total. The molecule has 1 amide bonds. The van der Waals surface area contributed by atoms with E-state index in [1.807, 2.05) is 41.3 Å². The number of hydrogen-bond donors (Lipinski definition) is 0. The summed E-state index contributed by atoms with van der Waals surface area (Å²) in [6.07, 6.45) is 0.741. The van der Waals surface area contributed by atoms with Crippen LogP contribution in [0.1, 0.15) is 23.6 Å². The maximum Gasteiger partial charge on any atom is 0.229 e. The van der Waals surface area contributed by atoms with Crippen LogP contribution in [-0.2, 0) is 11.3 Å². The van der Waals surface area contributed by atoms with Crippen molar-refractivity contribution in [1.82, 2.24) is 4.90 Å². The van der Waals surface area contributed by atoms with Crippen LogP contribution in [0.5, 0.6) is 0 Å².